The Bertz CT molecular complexity index is 2510. The minimum absolute atomic E-state index is 0.313. The maximum Gasteiger partial charge on any atom is 0.344 e. The Kier molecular flexibility index (Phi) is 4.79. The molecule has 0 saturated heterocycles. The van der Waals surface area contributed by atoms with Gasteiger partial charge in [0.2, 0.25) is 0 Å². The highest BCUT2D eigenvalue weighted by molar-refractivity contribution is 6.18. The van der Waals surface area contributed by atoms with Gasteiger partial charge >= 0.3 is 5.63 Å². The lowest BCUT2D eigenvalue weighted by molar-refractivity contribution is 0.570. The van der Waals surface area contributed by atoms with Gasteiger partial charge in [0.15, 0.2) is 0 Å². The molecule has 8 aromatic rings. The number of benzene rings is 5. The van der Waals surface area contributed by atoms with E-state index in [1.54, 1.807) is 0 Å². The topological polar surface area (TPSA) is 40.1 Å². The number of aromatic nitrogens is 2. The van der Waals surface area contributed by atoms with E-state index in [1.807, 2.05) is 30.3 Å². The normalized spacial score (nSPS) is 13.3. The number of para-hydroxylation sites is 3. The van der Waals surface area contributed by atoms with Crippen LogP contribution in [-0.2, 0) is 6.42 Å². The fourth-order valence-electron chi connectivity index (χ4n) is 6.80. The van der Waals surface area contributed by atoms with Gasteiger partial charge in [-0.2, -0.15) is 0 Å². The first-order valence-corrected chi connectivity index (χ1v) is 14.2. The van der Waals surface area contributed by atoms with Crippen LogP contribution in [0.1, 0.15) is 11.3 Å². The molecule has 198 valence electrons. The summed E-state index contributed by atoms with van der Waals surface area (Å²) < 4.78 is 10.6. The predicted molar refractivity (Wildman–Crippen MR) is 173 cm³/mol. The molecule has 9 rings (SSSR count). The summed E-state index contributed by atoms with van der Waals surface area (Å²) in [4.78, 5) is 12.9. The second-order valence-corrected chi connectivity index (χ2v) is 10.9. The van der Waals surface area contributed by atoms with Gasteiger partial charge in [-0.15, -0.1) is 0 Å². The highest BCUT2D eigenvalue weighted by Gasteiger charge is 2.21. The molecule has 1 aliphatic rings. The van der Waals surface area contributed by atoms with E-state index in [0.29, 0.717) is 11.0 Å². The van der Waals surface area contributed by atoms with Crippen molar-refractivity contribution in [3.05, 3.63) is 149 Å². The summed E-state index contributed by atoms with van der Waals surface area (Å²) >= 11 is 0. The van der Waals surface area contributed by atoms with E-state index in [9.17, 15) is 4.79 Å². The third kappa shape index (κ3) is 3.20. The monoisotopic (exact) mass is 540 g/mol. The molecule has 0 atom stereocenters. The number of hydrogen-bond acceptors (Lipinski definition) is 2. The van der Waals surface area contributed by atoms with Crippen LogP contribution >= 0.6 is 0 Å². The Balaban J connectivity index is 1.37. The smallest absolute Gasteiger partial charge is 0.344 e. The fourth-order valence-corrected chi connectivity index (χ4v) is 6.80. The molecule has 0 spiro atoms. The summed E-state index contributed by atoms with van der Waals surface area (Å²) in [7, 11) is 0. The van der Waals surface area contributed by atoms with Crippen molar-refractivity contribution in [3.8, 4) is 5.69 Å². The third-order valence-electron chi connectivity index (χ3n) is 8.59. The summed E-state index contributed by atoms with van der Waals surface area (Å²) in [6.45, 7) is 0. The molecule has 3 heterocycles. The molecule has 0 fully saturated rings. The SMILES string of the molecule is O=c1oc2cc3c(cc2c2ccccc12)c1ccccc1n3C1=Cc2c(n(-c3ccccc3)c3ccccc23)CC=C1. The molecule has 0 bridgehead atoms. The second kappa shape index (κ2) is 8.69. The van der Waals surface area contributed by atoms with Gasteiger partial charge in [-0.1, -0.05) is 78.9 Å². The van der Waals surface area contributed by atoms with Crippen molar-refractivity contribution in [2.24, 2.45) is 0 Å². The first kappa shape index (κ1) is 23.1. The van der Waals surface area contributed by atoms with Crippen molar-refractivity contribution in [1.82, 2.24) is 9.13 Å². The molecule has 1 aliphatic carbocycles. The number of hydrogen-bond donors (Lipinski definition) is 0. The average Bonchev–Trinajstić information content (AvgIpc) is 3.42. The predicted octanol–water partition coefficient (Wildman–Crippen LogP) is 9.11. The maximum atomic E-state index is 12.9. The van der Waals surface area contributed by atoms with Gasteiger partial charge in [0.05, 0.1) is 21.9 Å². The van der Waals surface area contributed by atoms with Crippen LogP contribution in [0.4, 0.5) is 0 Å². The highest BCUT2D eigenvalue weighted by atomic mass is 16.4. The Hall–Kier alpha value is -5.61. The molecule has 4 nitrogen and oxygen atoms in total. The van der Waals surface area contributed by atoms with Crippen molar-refractivity contribution in [1.29, 1.82) is 0 Å². The molecule has 0 aliphatic heterocycles. The Labute approximate surface area is 240 Å². The number of nitrogens with zero attached hydrogens (tertiary/aromatic N) is 2. The van der Waals surface area contributed by atoms with Gasteiger partial charge in [0.25, 0.3) is 0 Å². The van der Waals surface area contributed by atoms with E-state index in [4.69, 9.17) is 4.42 Å². The largest absolute Gasteiger partial charge is 0.422 e. The Morgan fingerprint density at radius 1 is 0.571 bits per heavy atom. The number of fused-ring (bicyclic) bond motifs is 9. The third-order valence-corrected chi connectivity index (χ3v) is 8.59. The second-order valence-electron chi connectivity index (χ2n) is 10.9. The molecule has 3 aromatic heterocycles. The van der Waals surface area contributed by atoms with E-state index < -0.39 is 0 Å². The van der Waals surface area contributed by atoms with Gasteiger partial charge < -0.3 is 13.6 Å². The Morgan fingerprint density at radius 3 is 2.05 bits per heavy atom. The lowest BCUT2D eigenvalue weighted by Gasteiger charge is -2.10. The van der Waals surface area contributed by atoms with Crippen molar-refractivity contribution in [2.45, 2.75) is 6.42 Å². The first-order chi connectivity index (χ1) is 20.8. The van der Waals surface area contributed by atoms with Crippen LogP contribution < -0.4 is 5.63 Å². The molecule has 0 saturated carbocycles. The first-order valence-electron chi connectivity index (χ1n) is 14.2. The minimum Gasteiger partial charge on any atom is -0.422 e. The van der Waals surface area contributed by atoms with Crippen LogP contribution in [0.5, 0.6) is 0 Å². The standard InChI is InChI=1S/C38H24N2O2/c41-38-29-17-5-4-14-26(29)32-22-31-28-16-7-9-19-34(28)40(36(31)23-37(32)42-38)25-13-10-20-35-30(21-25)27-15-6-8-18-33(27)39(35)24-11-2-1-3-12-24/h1-19,21-23H,20H2. The fraction of sp³-hybridized carbons (Fsp3) is 0.0263. The van der Waals surface area contributed by atoms with E-state index in [0.717, 1.165) is 50.4 Å². The van der Waals surface area contributed by atoms with Crippen LogP contribution in [0, 0.1) is 0 Å². The van der Waals surface area contributed by atoms with E-state index >= 15 is 0 Å². The zero-order chi connectivity index (χ0) is 27.8. The number of allylic oxidation sites excluding steroid dienone is 3. The quantitative estimate of drug-likeness (QED) is 0.162. The molecular weight excluding hydrogens is 516 g/mol. The molecule has 4 heteroatoms. The molecule has 0 unspecified atom stereocenters. The number of rotatable bonds is 2. The molecule has 42 heavy (non-hydrogen) atoms. The van der Waals surface area contributed by atoms with Crippen LogP contribution in [-0.4, -0.2) is 9.13 Å². The van der Waals surface area contributed by atoms with Crippen molar-refractivity contribution >= 4 is 66.2 Å². The van der Waals surface area contributed by atoms with Gasteiger partial charge in [-0.05, 0) is 53.9 Å². The summed E-state index contributed by atoms with van der Waals surface area (Å²) in [5.74, 6) is 0. The van der Waals surface area contributed by atoms with Gasteiger partial charge in [0.1, 0.15) is 5.58 Å². The maximum absolute atomic E-state index is 12.9. The van der Waals surface area contributed by atoms with Crippen molar-refractivity contribution < 1.29 is 4.42 Å². The van der Waals surface area contributed by atoms with E-state index in [-0.39, 0.29) is 5.63 Å². The van der Waals surface area contributed by atoms with Gasteiger partial charge in [-0.25, -0.2) is 4.79 Å². The Morgan fingerprint density at radius 2 is 1.24 bits per heavy atom. The molecular formula is C38H24N2O2. The molecule has 0 amide bonds. The van der Waals surface area contributed by atoms with Gasteiger partial charge in [0, 0.05) is 56.7 Å². The average molecular weight is 541 g/mol. The van der Waals surface area contributed by atoms with Crippen molar-refractivity contribution in [3.63, 3.8) is 0 Å². The molecule has 5 aromatic carbocycles. The summed E-state index contributed by atoms with van der Waals surface area (Å²) in [5, 5.41) is 5.97. The summed E-state index contributed by atoms with van der Waals surface area (Å²) in [5.41, 5.74) is 8.30. The lowest BCUT2D eigenvalue weighted by Crippen LogP contribution is -2.00. The minimum atomic E-state index is -0.313. The van der Waals surface area contributed by atoms with E-state index in [2.05, 4.69) is 112 Å². The van der Waals surface area contributed by atoms with Crippen LogP contribution in [0.3, 0.4) is 0 Å². The van der Waals surface area contributed by atoms with Crippen LogP contribution in [0.2, 0.25) is 0 Å². The van der Waals surface area contributed by atoms with Crippen molar-refractivity contribution in [2.75, 3.05) is 0 Å². The van der Waals surface area contributed by atoms with Crippen LogP contribution in [0.25, 0.3) is 71.9 Å². The molecule has 0 N–H and O–H groups in total. The summed E-state index contributed by atoms with van der Waals surface area (Å²) in [6, 6.07) is 39.6. The molecule has 0 radical (unpaired) electrons. The lowest BCUT2D eigenvalue weighted by atomic mass is 10.0. The van der Waals surface area contributed by atoms with Gasteiger partial charge in [-0.3, -0.25) is 0 Å². The highest BCUT2D eigenvalue weighted by Crippen LogP contribution is 2.39. The zero-order valence-corrected chi connectivity index (χ0v) is 22.6. The van der Waals surface area contributed by atoms with Crippen LogP contribution in [0.15, 0.2) is 137 Å². The van der Waals surface area contributed by atoms with E-state index in [1.165, 1.54) is 22.2 Å². The zero-order valence-electron chi connectivity index (χ0n) is 22.6. The summed E-state index contributed by atoms with van der Waals surface area (Å²) in [6.07, 6.45) is 7.59.